The minimum Gasteiger partial charge on any atom is -0.464 e. The first kappa shape index (κ1) is 14.2. The summed E-state index contributed by atoms with van der Waals surface area (Å²) in [6, 6.07) is 10.7. The van der Waals surface area contributed by atoms with Crippen molar-refractivity contribution in [3.63, 3.8) is 0 Å². The number of thioether (sulfide) groups is 1. The quantitative estimate of drug-likeness (QED) is 0.607. The van der Waals surface area contributed by atoms with Crippen LogP contribution in [0.1, 0.15) is 24.9 Å². The van der Waals surface area contributed by atoms with E-state index in [1.165, 1.54) is 17.8 Å². The molecule has 0 bridgehead atoms. The van der Waals surface area contributed by atoms with E-state index in [2.05, 4.69) is 12.2 Å². The van der Waals surface area contributed by atoms with Crippen molar-refractivity contribution >= 4 is 11.8 Å². The highest BCUT2D eigenvalue weighted by atomic mass is 32.2. The van der Waals surface area contributed by atoms with Gasteiger partial charge in [0.1, 0.15) is 17.3 Å². The molecular formula is C15H18FNOS. The van der Waals surface area contributed by atoms with E-state index in [0.717, 1.165) is 31.0 Å². The van der Waals surface area contributed by atoms with Crippen LogP contribution in [0.3, 0.4) is 0 Å². The van der Waals surface area contributed by atoms with Gasteiger partial charge in [-0.15, -0.1) is 11.8 Å². The van der Waals surface area contributed by atoms with Crippen LogP contribution in [0.25, 0.3) is 0 Å². The van der Waals surface area contributed by atoms with Crippen LogP contribution in [-0.4, -0.2) is 6.54 Å². The minimum absolute atomic E-state index is 0.177. The Kier molecular flexibility index (Phi) is 5.48. The summed E-state index contributed by atoms with van der Waals surface area (Å²) in [5, 5.41) is 3.29. The number of hydrogen-bond acceptors (Lipinski definition) is 3. The Labute approximate surface area is 117 Å². The molecule has 2 nitrogen and oxygen atoms in total. The van der Waals surface area contributed by atoms with Crippen LogP contribution in [0, 0.1) is 5.82 Å². The smallest absolute Gasteiger partial charge is 0.136 e. The summed E-state index contributed by atoms with van der Waals surface area (Å²) in [4.78, 5) is 0.657. The molecule has 0 aliphatic rings. The van der Waals surface area contributed by atoms with Gasteiger partial charge in [-0.2, -0.15) is 0 Å². The molecule has 1 aromatic heterocycles. The molecule has 4 heteroatoms. The summed E-state index contributed by atoms with van der Waals surface area (Å²) in [5.41, 5.74) is 0. The van der Waals surface area contributed by atoms with Crippen LogP contribution in [0.4, 0.5) is 4.39 Å². The lowest BCUT2D eigenvalue weighted by Crippen LogP contribution is -2.12. The maximum atomic E-state index is 13.4. The fourth-order valence-corrected chi connectivity index (χ4v) is 2.53. The number of halogens is 1. The highest BCUT2D eigenvalue weighted by molar-refractivity contribution is 7.98. The van der Waals surface area contributed by atoms with Gasteiger partial charge in [0, 0.05) is 4.90 Å². The maximum absolute atomic E-state index is 13.4. The van der Waals surface area contributed by atoms with Gasteiger partial charge in [0.25, 0.3) is 0 Å². The van der Waals surface area contributed by atoms with Crippen molar-refractivity contribution in [2.24, 2.45) is 0 Å². The third kappa shape index (κ3) is 4.40. The Morgan fingerprint density at radius 3 is 2.74 bits per heavy atom. The van der Waals surface area contributed by atoms with E-state index in [-0.39, 0.29) is 5.82 Å². The van der Waals surface area contributed by atoms with Crippen LogP contribution >= 0.6 is 11.8 Å². The molecule has 0 radical (unpaired) electrons. The van der Waals surface area contributed by atoms with Gasteiger partial charge in [-0.05, 0) is 37.2 Å². The summed E-state index contributed by atoms with van der Waals surface area (Å²) >= 11 is 1.45. The molecule has 0 amide bonds. The molecule has 19 heavy (non-hydrogen) atoms. The molecule has 0 aliphatic carbocycles. The van der Waals surface area contributed by atoms with Crippen molar-refractivity contribution in [1.29, 1.82) is 0 Å². The predicted octanol–water partition coefficient (Wildman–Crippen LogP) is 4.21. The van der Waals surface area contributed by atoms with Gasteiger partial charge >= 0.3 is 0 Å². The Hall–Kier alpha value is -1.26. The van der Waals surface area contributed by atoms with E-state index in [9.17, 15) is 4.39 Å². The first-order valence-electron chi connectivity index (χ1n) is 6.45. The molecular weight excluding hydrogens is 261 g/mol. The summed E-state index contributed by atoms with van der Waals surface area (Å²) in [6.45, 7) is 3.86. The molecule has 0 atom stereocenters. The Morgan fingerprint density at radius 1 is 1.16 bits per heavy atom. The van der Waals surface area contributed by atoms with Crippen LogP contribution < -0.4 is 5.32 Å². The number of hydrogen-bond donors (Lipinski definition) is 1. The minimum atomic E-state index is -0.177. The highest BCUT2D eigenvalue weighted by Gasteiger charge is 2.05. The monoisotopic (exact) mass is 279 g/mol. The van der Waals surface area contributed by atoms with Crippen molar-refractivity contribution in [3.05, 3.63) is 53.7 Å². The second-order valence-electron chi connectivity index (χ2n) is 4.26. The Balaban J connectivity index is 1.85. The molecule has 2 rings (SSSR count). The maximum Gasteiger partial charge on any atom is 0.136 e. The predicted molar refractivity (Wildman–Crippen MR) is 76.7 cm³/mol. The lowest BCUT2D eigenvalue weighted by molar-refractivity contribution is 0.459. The van der Waals surface area contributed by atoms with Crippen LogP contribution in [0.5, 0.6) is 0 Å². The van der Waals surface area contributed by atoms with E-state index in [1.807, 2.05) is 18.2 Å². The molecule has 0 aliphatic heterocycles. The van der Waals surface area contributed by atoms with Gasteiger partial charge in [0.05, 0.1) is 12.3 Å². The fourth-order valence-electron chi connectivity index (χ4n) is 1.69. The topological polar surface area (TPSA) is 25.2 Å². The molecule has 0 spiro atoms. The van der Waals surface area contributed by atoms with Gasteiger partial charge in [-0.25, -0.2) is 4.39 Å². The number of nitrogens with one attached hydrogen (secondary N) is 1. The SMILES string of the molecule is CCCNCc1ccc(CSc2ccccc2F)o1. The van der Waals surface area contributed by atoms with Crippen LogP contribution in [0.15, 0.2) is 45.7 Å². The van der Waals surface area contributed by atoms with E-state index in [0.29, 0.717) is 10.6 Å². The lowest BCUT2D eigenvalue weighted by atomic mass is 10.3. The molecule has 102 valence electrons. The average Bonchev–Trinajstić information content (AvgIpc) is 2.86. The third-order valence-electron chi connectivity index (χ3n) is 2.65. The zero-order chi connectivity index (χ0) is 13.5. The van der Waals surface area contributed by atoms with Gasteiger partial charge in [-0.3, -0.25) is 0 Å². The van der Waals surface area contributed by atoms with Crippen molar-refractivity contribution in [3.8, 4) is 0 Å². The average molecular weight is 279 g/mol. The lowest BCUT2D eigenvalue weighted by Gasteiger charge is -2.01. The Morgan fingerprint density at radius 2 is 1.95 bits per heavy atom. The largest absolute Gasteiger partial charge is 0.464 e. The third-order valence-corrected chi connectivity index (χ3v) is 3.72. The van der Waals surface area contributed by atoms with Crippen molar-refractivity contribution in [2.45, 2.75) is 30.5 Å². The molecule has 0 unspecified atom stereocenters. The number of benzene rings is 1. The molecule has 0 saturated carbocycles. The number of rotatable bonds is 7. The first-order chi connectivity index (χ1) is 9.29. The van der Waals surface area contributed by atoms with Crippen molar-refractivity contribution < 1.29 is 8.81 Å². The van der Waals surface area contributed by atoms with Crippen molar-refractivity contribution in [2.75, 3.05) is 6.54 Å². The summed E-state index contributed by atoms with van der Waals surface area (Å²) in [6.07, 6.45) is 1.11. The second-order valence-corrected chi connectivity index (χ2v) is 5.28. The van der Waals surface area contributed by atoms with Gasteiger partial charge in [-0.1, -0.05) is 19.1 Å². The molecule has 0 saturated heterocycles. The van der Waals surface area contributed by atoms with E-state index in [4.69, 9.17) is 4.42 Å². The normalized spacial score (nSPS) is 10.8. The van der Waals surface area contributed by atoms with Crippen LogP contribution in [0.2, 0.25) is 0 Å². The van der Waals surface area contributed by atoms with Gasteiger partial charge < -0.3 is 9.73 Å². The zero-order valence-electron chi connectivity index (χ0n) is 11.0. The van der Waals surface area contributed by atoms with E-state index < -0.39 is 0 Å². The summed E-state index contributed by atoms with van der Waals surface area (Å²) in [5.74, 6) is 2.28. The van der Waals surface area contributed by atoms with Crippen molar-refractivity contribution in [1.82, 2.24) is 5.32 Å². The molecule has 0 fully saturated rings. The zero-order valence-corrected chi connectivity index (χ0v) is 11.8. The standard InChI is InChI=1S/C15H18FNOS/c1-2-9-17-10-12-7-8-13(18-12)11-19-15-6-4-3-5-14(15)16/h3-8,17H,2,9-11H2,1H3. The molecule has 1 N–H and O–H groups in total. The van der Waals surface area contributed by atoms with E-state index in [1.54, 1.807) is 12.1 Å². The highest BCUT2D eigenvalue weighted by Crippen LogP contribution is 2.25. The van der Waals surface area contributed by atoms with Crippen LogP contribution in [-0.2, 0) is 12.3 Å². The summed E-state index contributed by atoms with van der Waals surface area (Å²) in [7, 11) is 0. The molecule has 2 aromatic rings. The number of furan rings is 1. The van der Waals surface area contributed by atoms with Gasteiger partial charge in [0.2, 0.25) is 0 Å². The second kappa shape index (κ2) is 7.36. The summed E-state index contributed by atoms with van der Waals surface area (Å²) < 4.78 is 19.1. The van der Waals surface area contributed by atoms with Gasteiger partial charge in [0.15, 0.2) is 0 Å². The molecule has 1 aromatic carbocycles. The molecule has 1 heterocycles. The Bertz CT molecular complexity index is 512. The first-order valence-corrected chi connectivity index (χ1v) is 7.43. The van der Waals surface area contributed by atoms with E-state index >= 15 is 0 Å². The fraction of sp³-hybridized carbons (Fsp3) is 0.333.